The average molecular weight is 305 g/mol. The van der Waals surface area contributed by atoms with Crippen molar-refractivity contribution in [1.82, 2.24) is 10.6 Å². The average Bonchev–Trinajstić information content (AvgIpc) is 2.42. The maximum atomic E-state index is 12.0. The summed E-state index contributed by atoms with van der Waals surface area (Å²) < 4.78 is 0. The molecule has 0 radical (unpaired) electrons. The fraction of sp³-hybridized carbons (Fsp3) is 0.750. The zero-order valence-corrected chi connectivity index (χ0v) is 12.4. The molecule has 0 aromatic carbocycles. The Morgan fingerprint density at radius 1 is 1.30 bits per heavy atom. The predicted molar refractivity (Wildman–Crippen MR) is 78.5 cm³/mol. The van der Waals surface area contributed by atoms with Crippen molar-refractivity contribution in [2.75, 3.05) is 18.6 Å². The zero-order chi connectivity index (χ0) is 15.4. The molecule has 0 aliphatic carbocycles. The second-order valence-electron chi connectivity index (χ2n) is 4.30. The monoisotopic (exact) mass is 305 g/mol. The molecule has 0 heterocycles. The number of nitrogens with two attached hydrogens (primary N) is 1. The van der Waals surface area contributed by atoms with Gasteiger partial charge in [0, 0.05) is 0 Å². The maximum absolute atomic E-state index is 12.0. The van der Waals surface area contributed by atoms with Crippen LogP contribution >= 0.6 is 11.8 Å². The van der Waals surface area contributed by atoms with Gasteiger partial charge in [-0.05, 0) is 44.2 Å². The Hall–Kier alpha value is -1.28. The number of carbonyl (C=O) groups is 3. The van der Waals surface area contributed by atoms with Crippen molar-refractivity contribution in [2.45, 2.75) is 37.8 Å². The number of amides is 2. The third-order valence-corrected chi connectivity index (χ3v) is 3.40. The second-order valence-corrected chi connectivity index (χ2v) is 5.29. The molecule has 20 heavy (non-hydrogen) atoms. The van der Waals surface area contributed by atoms with E-state index >= 15 is 0 Å². The van der Waals surface area contributed by atoms with Crippen molar-refractivity contribution < 1.29 is 19.5 Å². The normalized spacial score (nSPS) is 13.3. The van der Waals surface area contributed by atoms with Crippen LogP contribution in [0.4, 0.5) is 0 Å². The largest absolute Gasteiger partial charge is 0.480 e. The molecule has 0 saturated carbocycles. The van der Waals surface area contributed by atoms with E-state index in [1.807, 2.05) is 6.26 Å². The summed E-state index contributed by atoms with van der Waals surface area (Å²) in [6, 6.07) is -1.64. The van der Waals surface area contributed by atoms with Crippen molar-refractivity contribution in [3.05, 3.63) is 0 Å². The first-order valence-electron chi connectivity index (χ1n) is 6.48. The zero-order valence-electron chi connectivity index (χ0n) is 11.6. The number of nitrogens with one attached hydrogen (secondary N) is 2. The van der Waals surface area contributed by atoms with Gasteiger partial charge in [-0.15, -0.1) is 0 Å². The minimum Gasteiger partial charge on any atom is -0.480 e. The van der Waals surface area contributed by atoms with E-state index in [0.29, 0.717) is 44.4 Å². The minimum absolute atomic E-state index is 0.328. The first kappa shape index (κ1) is 18.7. The fourth-order valence-electron chi connectivity index (χ4n) is 1.63. The molecule has 116 valence electrons. The van der Waals surface area contributed by atoms with E-state index in [-0.39, 0.29) is 0 Å². The van der Waals surface area contributed by atoms with Crippen LogP contribution in [0.1, 0.15) is 25.7 Å². The van der Waals surface area contributed by atoms with Crippen molar-refractivity contribution in [2.24, 2.45) is 5.73 Å². The van der Waals surface area contributed by atoms with E-state index in [9.17, 15) is 14.4 Å². The summed E-state index contributed by atoms with van der Waals surface area (Å²) in [5.41, 5.74) is 5.35. The molecule has 0 aliphatic heterocycles. The molecule has 8 heteroatoms. The van der Waals surface area contributed by atoms with E-state index in [2.05, 4.69) is 10.6 Å². The summed E-state index contributed by atoms with van der Waals surface area (Å²) in [6.45, 7) is 0.489. The summed E-state index contributed by atoms with van der Waals surface area (Å²) in [6.07, 6.45) is 4.47. The summed E-state index contributed by atoms with van der Waals surface area (Å²) in [5, 5.41) is 13.9. The van der Waals surface area contributed by atoms with Gasteiger partial charge in [0.25, 0.3) is 0 Å². The smallest absolute Gasteiger partial charge is 0.326 e. The van der Waals surface area contributed by atoms with Gasteiger partial charge in [-0.1, -0.05) is 0 Å². The van der Waals surface area contributed by atoms with E-state index in [1.165, 1.54) is 0 Å². The van der Waals surface area contributed by atoms with E-state index < -0.39 is 24.0 Å². The molecule has 0 bridgehead atoms. The summed E-state index contributed by atoms with van der Waals surface area (Å²) in [7, 11) is 0. The number of hydrogen-bond acceptors (Lipinski definition) is 5. The summed E-state index contributed by atoms with van der Waals surface area (Å²) in [5.74, 6) is -0.847. The number of hydrogen-bond donors (Lipinski definition) is 4. The van der Waals surface area contributed by atoms with Crippen LogP contribution in [0.15, 0.2) is 0 Å². The molecule has 0 aromatic rings. The molecule has 5 N–H and O–H groups in total. The van der Waals surface area contributed by atoms with Crippen LogP contribution in [0.2, 0.25) is 0 Å². The Kier molecular flexibility index (Phi) is 10.8. The van der Waals surface area contributed by atoms with E-state index in [4.69, 9.17) is 10.8 Å². The van der Waals surface area contributed by atoms with E-state index in [0.717, 1.165) is 0 Å². The lowest BCUT2D eigenvalue weighted by molar-refractivity contribution is -0.142. The summed E-state index contributed by atoms with van der Waals surface area (Å²) >= 11 is 1.55. The Morgan fingerprint density at radius 2 is 2.00 bits per heavy atom. The molecule has 0 unspecified atom stereocenters. The third-order valence-electron chi connectivity index (χ3n) is 2.76. The lowest BCUT2D eigenvalue weighted by Gasteiger charge is -2.19. The van der Waals surface area contributed by atoms with Crippen molar-refractivity contribution in [3.63, 3.8) is 0 Å². The van der Waals surface area contributed by atoms with Gasteiger partial charge < -0.3 is 21.5 Å². The molecular weight excluding hydrogens is 282 g/mol. The van der Waals surface area contributed by atoms with Crippen LogP contribution in [0.5, 0.6) is 0 Å². The van der Waals surface area contributed by atoms with Gasteiger partial charge in [-0.25, -0.2) is 4.79 Å². The molecular formula is C12H23N3O4S. The number of rotatable bonds is 12. The molecule has 0 saturated heterocycles. The molecule has 0 rings (SSSR count). The lowest BCUT2D eigenvalue weighted by atomic mass is 10.1. The van der Waals surface area contributed by atoms with Crippen LogP contribution in [-0.2, 0) is 14.4 Å². The number of carboxylic acids is 1. The van der Waals surface area contributed by atoms with Gasteiger partial charge in [-0.3, -0.25) is 9.59 Å². The third kappa shape index (κ3) is 8.00. The highest BCUT2D eigenvalue weighted by Crippen LogP contribution is 2.04. The molecule has 2 amide bonds. The first-order valence-corrected chi connectivity index (χ1v) is 7.88. The summed E-state index contributed by atoms with van der Waals surface area (Å²) in [4.78, 5) is 33.5. The number of unbranched alkanes of at least 4 members (excludes halogenated alkanes) is 1. The van der Waals surface area contributed by atoms with Crippen molar-refractivity contribution in [3.8, 4) is 0 Å². The van der Waals surface area contributed by atoms with Crippen LogP contribution in [0, 0.1) is 0 Å². The maximum Gasteiger partial charge on any atom is 0.326 e. The van der Waals surface area contributed by atoms with Crippen molar-refractivity contribution in [1.29, 1.82) is 0 Å². The molecule has 0 fully saturated rings. The Labute approximate surface area is 123 Å². The highest BCUT2D eigenvalue weighted by Gasteiger charge is 2.24. The van der Waals surface area contributed by atoms with Gasteiger partial charge >= 0.3 is 5.97 Å². The van der Waals surface area contributed by atoms with Gasteiger partial charge in [0.05, 0.1) is 0 Å². The quantitative estimate of drug-likeness (QED) is 0.286. The van der Waals surface area contributed by atoms with Gasteiger partial charge in [-0.2, -0.15) is 11.8 Å². The standard InChI is InChI=1S/C12H23N3O4S/c1-20-7-5-9(14-8-16)11(17)15-10(12(18)19)4-2-3-6-13/h8-10H,2-7,13H2,1H3,(H,14,16)(H,15,17)(H,18,19)/t9-,10+/m1/s1. The van der Waals surface area contributed by atoms with Crippen LogP contribution in [-0.4, -0.2) is 54.0 Å². The number of aliphatic carboxylic acids is 1. The second kappa shape index (κ2) is 11.5. The topological polar surface area (TPSA) is 122 Å². The number of carboxylic acid groups (broad SMARTS) is 1. The van der Waals surface area contributed by atoms with E-state index in [1.54, 1.807) is 11.8 Å². The van der Waals surface area contributed by atoms with Crippen LogP contribution in [0.25, 0.3) is 0 Å². The lowest BCUT2D eigenvalue weighted by Crippen LogP contribution is -2.50. The number of thioether (sulfide) groups is 1. The molecule has 0 aromatic heterocycles. The van der Waals surface area contributed by atoms with Gasteiger partial charge in [0.15, 0.2) is 0 Å². The molecule has 0 spiro atoms. The highest BCUT2D eigenvalue weighted by molar-refractivity contribution is 7.98. The van der Waals surface area contributed by atoms with Crippen molar-refractivity contribution >= 4 is 30.0 Å². The fourth-order valence-corrected chi connectivity index (χ4v) is 2.10. The molecule has 0 aliphatic rings. The minimum atomic E-state index is -1.08. The van der Waals surface area contributed by atoms with Crippen LogP contribution in [0.3, 0.4) is 0 Å². The van der Waals surface area contributed by atoms with Crippen LogP contribution < -0.4 is 16.4 Å². The SMILES string of the molecule is CSCC[C@@H](NC=O)C(=O)N[C@@H](CCCCN)C(=O)O. The Bertz CT molecular complexity index is 315. The molecule has 2 atom stereocenters. The number of carbonyl (C=O) groups excluding carboxylic acids is 2. The Morgan fingerprint density at radius 3 is 2.50 bits per heavy atom. The molecule has 7 nitrogen and oxygen atoms in total. The Balaban J connectivity index is 4.44. The van der Waals surface area contributed by atoms with Gasteiger partial charge in [0.2, 0.25) is 12.3 Å². The first-order chi connectivity index (χ1) is 9.56. The van der Waals surface area contributed by atoms with Gasteiger partial charge in [0.1, 0.15) is 12.1 Å². The highest BCUT2D eigenvalue weighted by atomic mass is 32.2. The predicted octanol–water partition coefficient (Wildman–Crippen LogP) is -0.447.